The average Bonchev–Trinajstić information content (AvgIpc) is 3.67. The lowest BCUT2D eigenvalue weighted by atomic mass is 9.83. The van der Waals surface area contributed by atoms with Crippen molar-refractivity contribution >= 4 is 47.5 Å². The van der Waals surface area contributed by atoms with Crippen molar-refractivity contribution in [3.8, 4) is 0 Å². The Hall–Kier alpha value is -4.24. The molecule has 3 aromatic carbocycles. The molecule has 9 heteroatoms. The molecule has 0 saturated carbocycles. The lowest BCUT2D eigenvalue weighted by Gasteiger charge is -2.32. The second-order valence-corrected chi connectivity index (χ2v) is 16.1. The van der Waals surface area contributed by atoms with Crippen molar-refractivity contribution in [1.82, 2.24) is 0 Å². The van der Waals surface area contributed by atoms with E-state index in [-0.39, 0.29) is 52.1 Å². The van der Waals surface area contributed by atoms with Gasteiger partial charge in [-0.2, -0.15) is 0 Å². The minimum atomic E-state index is -2.81. The minimum absolute atomic E-state index is 0.0476. The molecule has 0 heterocycles. The van der Waals surface area contributed by atoms with Gasteiger partial charge in [0, 0.05) is 12.8 Å². The Balaban J connectivity index is 1.82. The van der Waals surface area contributed by atoms with Gasteiger partial charge in [-0.05, 0) is 78.4 Å². The van der Waals surface area contributed by atoms with Gasteiger partial charge in [0.05, 0.1) is 26.4 Å². The van der Waals surface area contributed by atoms with Crippen molar-refractivity contribution in [1.29, 1.82) is 0 Å². The molecule has 2 aliphatic rings. The van der Waals surface area contributed by atoms with Crippen LogP contribution >= 0.6 is 0 Å². The van der Waals surface area contributed by atoms with Gasteiger partial charge >= 0.3 is 23.9 Å². The molecule has 0 bridgehead atoms. The third-order valence-corrected chi connectivity index (χ3v) is 14.1. The number of hydrogen-bond acceptors (Lipinski definition) is 8. The van der Waals surface area contributed by atoms with Gasteiger partial charge < -0.3 is 18.9 Å². The molecule has 0 fully saturated rings. The smallest absolute Gasteiger partial charge is 0.324 e. The van der Waals surface area contributed by atoms with E-state index < -0.39 is 42.8 Å². The molecule has 2 aliphatic carbocycles. The Morgan fingerprint density at radius 1 is 0.565 bits per heavy atom. The maximum Gasteiger partial charge on any atom is 0.324 e. The lowest BCUT2D eigenvalue weighted by Crippen LogP contribution is -2.65. The largest absolute Gasteiger partial charge is 0.465 e. The Bertz CT molecular complexity index is 1560. The van der Waals surface area contributed by atoms with Crippen LogP contribution in [0.2, 0.25) is 6.55 Å². The summed E-state index contributed by atoms with van der Waals surface area (Å²) in [6.45, 7) is 9.55. The van der Waals surface area contributed by atoms with Gasteiger partial charge in [-0.15, -0.1) is 0 Å². The van der Waals surface area contributed by atoms with Crippen molar-refractivity contribution in [2.75, 3.05) is 26.4 Å². The van der Waals surface area contributed by atoms with E-state index >= 15 is 0 Å². The Labute approximate surface area is 271 Å². The summed E-state index contributed by atoms with van der Waals surface area (Å²) in [7, 11) is -2.81. The molecule has 0 atom stereocenters. The zero-order chi connectivity index (χ0) is 33.1. The van der Waals surface area contributed by atoms with Crippen LogP contribution in [0.5, 0.6) is 0 Å². The average molecular weight is 643 g/mol. The summed E-state index contributed by atoms with van der Waals surface area (Å²) in [5, 5.41) is 3.32. The summed E-state index contributed by atoms with van der Waals surface area (Å²) in [5.74, 6) is -2.53. The first-order chi connectivity index (χ1) is 22.1. The molecule has 0 aliphatic heterocycles. The molecule has 0 unspecified atom stereocenters. The van der Waals surface area contributed by atoms with Gasteiger partial charge in [0.25, 0.3) is 0 Å². The molecule has 0 amide bonds. The topological polar surface area (TPSA) is 105 Å². The van der Waals surface area contributed by atoms with E-state index in [1.165, 1.54) is 0 Å². The van der Waals surface area contributed by atoms with Crippen LogP contribution < -0.4 is 15.6 Å². The fraction of sp³-hybridized carbons (Fsp3) is 0.405. The summed E-state index contributed by atoms with van der Waals surface area (Å²) >= 11 is 0. The van der Waals surface area contributed by atoms with Gasteiger partial charge in [0.15, 0.2) is 10.8 Å². The molecule has 0 saturated heterocycles. The van der Waals surface area contributed by atoms with Crippen LogP contribution in [0, 0.1) is 10.8 Å². The monoisotopic (exact) mass is 642 g/mol. The van der Waals surface area contributed by atoms with Crippen LogP contribution in [0.1, 0.15) is 49.9 Å². The second kappa shape index (κ2) is 13.2. The van der Waals surface area contributed by atoms with Crippen LogP contribution in [0.3, 0.4) is 0 Å². The van der Waals surface area contributed by atoms with Crippen molar-refractivity contribution in [2.24, 2.45) is 10.8 Å². The molecule has 8 nitrogen and oxygen atoms in total. The number of benzene rings is 3. The third kappa shape index (κ3) is 5.34. The number of carbonyl (C=O) groups excluding carboxylic acids is 4. The van der Waals surface area contributed by atoms with Gasteiger partial charge in [0.1, 0.15) is 8.07 Å². The summed E-state index contributed by atoms with van der Waals surface area (Å²) in [4.78, 5) is 54.9. The van der Waals surface area contributed by atoms with Gasteiger partial charge in [-0.1, -0.05) is 73.3 Å². The summed E-state index contributed by atoms with van der Waals surface area (Å²) in [5.41, 5.74) is 0.119. The second-order valence-electron chi connectivity index (χ2n) is 12.1. The van der Waals surface area contributed by atoms with E-state index in [1.54, 1.807) is 27.7 Å². The first kappa shape index (κ1) is 33.1. The highest BCUT2D eigenvalue weighted by Crippen LogP contribution is 2.48. The van der Waals surface area contributed by atoms with E-state index in [4.69, 9.17) is 18.9 Å². The van der Waals surface area contributed by atoms with E-state index in [2.05, 4.69) is 36.9 Å². The van der Waals surface area contributed by atoms with Crippen LogP contribution in [0.4, 0.5) is 0 Å². The van der Waals surface area contributed by atoms with Crippen molar-refractivity contribution < 1.29 is 38.1 Å². The summed E-state index contributed by atoms with van der Waals surface area (Å²) in [6, 6.07) is 22.7. The third-order valence-electron chi connectivity index (χ3n) is 9.59. The highest BCUT2D eigenvalue weighted by molar-refractivity contribution is 7.11. The minimum Gasteiger partial charge on any atom is -0.465 e. The zero-order valence-corrected chi connectivity index (χ0v) is 28.3. The van der Waals surface area contributed by atoms with Crippen LogP contribution in [0.25, 0.3) is 0 Å². The SMILES string of the molecule is CCOC(=O)C1(C(=O)OCC)Cc2cc([Si](C)(c3ccccc3)c3ccccc3)c3c(c2C1)CC(C(=O)OCC)(C(=O)OCC)C3. The Morgan fingerprint density at radius 3 is 1.35 bits per heavy atom. The van der Waals surface area contributed by atoms with Crippen LogP contribution in [0.15, 0.2) is 66.7 Å². The molecular formula is C37H42O8Si. The van der Waals surface area contributed by atoms with Crippen LogP contribution in [-0.4, -0.2) is 58.4 Å². The van der Waals surface area contributed by atoms with E-state index in [9.17, 15) is 19.2 Å². The molecule has 242 valence electrons. The fourth-order valence-corrected chi connectivity index (χ4v) is 11.3. The molecule has 0 N–H and O–H groups in total. The summed E-state index contributed by atoms with van der Waals surface area (Å²) in [6.07, 6.45) is 0.294. The van der Waals surface area contributed by atoms with Gasteiger partial charge in [-0.25, -0.2) is 0 Å². The maximum atomic E-state index is 13.8. The highest BCUT2D eigenvalue weighted by Gasteiger charge is 2.59. The number of esters is 4. The Kier molecular flexibility index (Phi) is 9.53. The number of rotatable bonds is 11. The van der Waals surface area contributed by atoms with E-state index in [0.29, 0.717) is 0 Å². The molecule has 5 rings (SSSR count). The van der Waals surface area contributed by atoms with Crippen molar-refractivity contribution in [3.05, 3.63) is 89.0 Å². The lowest BCUT2D eigenvalue weighted by molar-refractivity contribution is -0.173. The molecule has 3 aromatic rings. The summed E-state index contributed by atoms with van der Waals surface area (Å²) < 4.78 is 22.1. The van der Waals surface area contributed by atoms with Gasteiger partial charge in [0.2, 0.25) is 0 Å². The maximum absolute atomic E-state index is 13.8. The number of hydrogen-bond donors (Lipinski definition) is 0. The highest BCUT2D eigenvalue weighted by atomic mass is 28.3. The van der Waals surface area contributed by atoms with E-state index in [0.717, 1.165) is 37.8 Å². The molecule has 0 radical (unpaired) electrons. The number of ether oxygens (including phenoxy) is 4. The zero-order valence-electron chi connectivity index (χ0n) is 27.3. The van der Waals surface area contributed by atoms with Crippen molar-refractivity contribution in [3.63, 3.8) is 0 Å². The molecule has 0 aromatic heterocycles. The first-order valence-corrected chi connectivity index (χ1v) is 18.6. The molecule has 46 heavy (non-hydrogen) atoms. The molecule has 0 spiro atoms. The predicted molar refractivity (Wildman–Crippen MR) is 176 cm³/mol. The first-order valence-electron chi connectivity index (χ1n) is 16.1. The van der Waals surface area contributed by atoms with E-state index in [1.807, 2.05) is 36.4 Å². The number of fused-ring (bicyclic) bond motifs is 3. The predicted octanol–water partition coefficient (Wildman–Crippen LogP) is 3.21. The Morgan fingerprint density at radius 2 is 0.935 bits per heavy atom. The quantitative estimate of drug-likeness (QED) is 0.103. The van der Waals surface area contributed by atoms with Crippen LogP contribution in [-0.2, 0) is 63.8 Å². The fourth-order valence-electron chi connectivity index (χ4n) is 7.32. The number of carbonyl (C=O) groups is 4. The van der Waals surface area contributed by atoms with Crippen molar-refractivity contribution in [2.45, 2.75) is 59.9 Å². The molecular weight excluding hydrogens is 600 g/mol. The normalized spacial score (nSPS) is 15.8. The standard InChI is InChI=1S/C37H42O8Si/c1-6-42-32(38)36(33(39)43-7-2)21-25-20-31(46(5,26-16-12-10-13-17-26)27-18-14-11-15-19-27)30-24-37(34(40)44-8-3,35(41)45-9-4)23-29(30)28(25)22-36/h10-20H,6-9,21-24H2,1-5H3. The van der Waals surface area contributed by atoms with Gasteiger partial charge in [-0.3, -0.25) is 19.2 Å².